The first-order valence-corrected chi connectivity index (χ1v) is 4.98. The van der Waals surface area contributed by atoms with Crippen LogP contribution in [0.15, 0.2) is 17.5 Å². The van der Waals surface area contributed by atoms with Gasteiger partial charge in [-0.1, -0.05) is 0 Å². The summed E-state index contributed by atoms with van der Waals surface area (Å²) in [6, 6.07) is 4.15. The third kappa shape index (κ3) is 2.83. The monoisotopic (exact) mass is 184 g/mol. The Morgan fingerprint density at radius 3 is 2.75 bits per heavy atom. The van der Waals surface area contributed by atoms with Crippen molar-refractivity contribution in [1.82, 2.24) is 5.32 Å². The fourth-order valence-electron chi connectivity index (χ4n) is 0.776. The SMILES string of the molecule is CNC(C)(C)CNc1cccs1. The van der Waals surface area contributed by atoms with Crippen molar-refractivity contribution < 1.29 is 0 Å². The quantitative estimate of drug-likeness (QED) is 0.749. The second-order valence-corrected chi connectivity index (χ2v) is 4.41. The normalized spacial score (nSPS) is 11.6. The topological polar surface area (TPSA) is 24.1 Å². The maximum absolute atomic E-state index is 3.37. The molecular formula is C9H16N2S. The summed E-state index contributed by atoms with van der Waals surface area (Å²) in [5.41, 5.74) is 0.157. The van der Waals surface area contributed by atoms with Gasteiger partial charge in [0.05, 0.1) is 5.00 Å². The van der Waals surface area contributed by atoms with E-state index in [9.17, 15) is 0 Å². The van der Waals surface area contributed by atoms with Crippen LogP contribution in [0, 0.1) is 0 Å². The van der Waals surface area contributed by atoms with E-state index in [1.54, 1.807) is 11.3 Å². The van der Waals surface area contributed by atoms with Crippen LogP contribution in [-0.2, 0) is 0 Å². The molecule has 1 rings (SSSR count). The summed E-state index contributed by atoms with van der Waals surface area (Å²) in [5, 5.41) is 9.93. The van der Waals surface area contributed by atoms with Crippen LogP contribution >= 0.6 is 11.3 Å². The zero-order chi connectivity index (χ0) is 9.03. The number of anilines is 1. The highest BCUT2D eigenvalue weighted by Gasteiger charge is 2.13. The van der Waals surface area contributed by atoms with E-state index < -0.39 is 0 Å². The molecule has 0 saturated carbocycles. The summed E-state index contributed by atoms with van der Waals surface area (Å²) in [4.78, 5) is 0. The van der Waals surface area contributed by atoms with E-state index in [0.29, 0.717) is 0 Å². The first-order chi connectivity index (χ1) is 5.64. The first kappa shape index (κ1) is 9.55. The molecule has 0 amide bonds. The lowest BCUT2D eigenvalue weighted by Gasteiger charge is -2.24. The molecule has 2 N–H and O–H groups in total. The van der Waals surface area contributed by atoms with Gasteiger partial charge in [-0.15, -0.1) is 11.3 Å². The van der Waals surface area contributed by atoms with E-state index in [1.807, 2.05) is 7.05 Å². The highest BCUT2D eigenvalue weighted by atomic mass is 32.1. The van der Waals surface area contributed by atoms with Crippen LogP contribution in [-0.4, -0.2) is 19.1 Å². The summed E-state index contributed by atoms with van der Waals surface area (Å²) < 4.78 is 0. The number of rotatable bonds is 4. The molecule has 68 valence electrons. The van der Waals surface area contributed by atoms with Crippen molar-refractivity contribution in [3.63, 3.8) is 0 Å². The van der Waals surface area contributed by atoms with Gasteiger partial charge < -0.3 is 10.6 Å². The average Bonchev–Trinajstić information content (AvgIpc) is 2.53. The minimum absolute atomic E-state index is 0.157. The standard InChI is InChI=1S/C9H16N2S/c1-9(2,10-3)7-11-8-5-4-6-12-8/h4-6,10-11H,7H2,1-3H3. The Hall–Kier alpha value is -0.540. The molecule has 0 aromatic carbocycles. The van der Waals surface area contributed by atoms with Crippen molar-refractivity contribution in [1.29, 1.82) is 0 Å². The Labute approximate surface area is 78.0 Å². The van der Waals surface area contributed by atoms with Gasteiger partial charge in [0.2, 0.25) is 0 Å². The van der Waals surface area contributed by atoms with Gasteiger partial charge in [-0.25, -0.2) is 0 Å². The van der Waals surface area contributed by atoms with Gasteiger partial charge in [0.15, 0.2) is 0 Å². The molecule has 2 nitrogen and oxygen atoms in total. The Morgan fingerprint density at radius 1 is 1.50 bits per heavy atom. The molecule has 0 unspecified atom stereocenters. The Morgan fingerprint density at radius 2 is 2.25 bits per heavy atom. The second-order valence-electron chi connectivity index (χ2n) is 3.46. The van der Waals surface area contributed by atoms with Crippen LogP contribution in [0.5, 0.6) is 0 Å². The van der Waals surface area contributed by atoms with Gasteiger partial charge in [0.25, 0.3) is 0 Å². The number of likely N-dealkylation sites (N-methyl/N-ethyl adjacent to an activating group) is 1. The molecule has 0 atom stereocenters. The second kappa shape index (κ2) is 3.92. The maximum Gasteiger partial charge on any atom is 0.0883 e. The molecule has 0 aliphatic rings. The third-order valence-corrected chi connectivity index (χ3v) is 2.73. The minimum Gasteiger partial charge on any atom is -0.375 e. The number of thiophene rings is 1. The highest BCUT2D eigenvalue weighted by Crippen LogP contribution is 2.15. The zero-order valence-corrected chi connectivity index (χ0v) is 8.66. The molecular weight excluding hydrogens is 168 g/mol. The fraction of sp³-hybridized carbons (Fsp3) is 0.556. The predicted octanol–water partition coefficient (Wildman–Crippen LogP) is 2.16. The van der Waals surface area contributed by atoms with E-state index >= 15 is 0 Å². The molecule has 1 heterocycles. The van der Waals surface area contributed by atoms with Gasteiger partial charge in [-0.3, -0.25) is 0 Å². The van der Waals surface area contributed by atoms with E-state index in [0.717, 1.165) is 6.54 Å². The molecule has 0 spiro atoms. The van der Waals surface area contributed by atoms with Crippen molar-refractivity contribution in [3.05, 3.63) is 17.5 Å². The van der Waals surface area contributed by atoms with Crippen LogP contribution in [0.25, 0.3) is 0 Å². The molecule has 0 aliphatic heterocycles. The van der Waals surface area contributed by atoms with Crippen LogP contribution < -0.4 is 10.6 Å². The summed E-state index contributed by atoms with van der Waals surface area (Å²) in [6.07, 6.45) is 0. The van der Waals surface area contributed by atoms with Crippen LogP contribution in [0.3, 0.4) is 0 Å². The number of hydrogen-bond donors (Lipinski definition) is 2. The zero-order valence-electron chi connectivity index (χ0n) is 7.85. The molecule has 0 radical (unpaired) electrons. The molecule has 1 aromatic heterocycles. The molecule has 0 fully saturated rings. The fourth-order valence-corrected chi connectivity index (χ4v) is 1.39. The van der Waals surface area contributed by atoms with Crippen LogP contribution in [0.2, 0.25) is 0 Å². The lowest BCUT2D eigenvalue weighted by molar-refractivity contribution is 0.448. The van der Waals surface area contributed by atoms with Crippen molar-refractivity contribution in [2.24, 2.45) is 0 Å². The van der Waals surface area contributed by atoms with E-state index in [4.69, 9.17) is 0 Å². The van der Waals surface area contributed by atoms with Crippen molar-refractivity contribution in [2.75, 3.05) is 18.9 Å². The molecule has 1 aromatic rings. The average molecular weight is 184 g/mol. The summed E-state index contributed by atoms with van der Waals surface area (Å²) >= 11 is 1.74. The molecule has 12 heavy (non-hydrogen) atoms. The smallest absolute Gasteiger partial charge is 0.0883 e. The van der Waals surface area contributed by atoms with Gasteiger partial charge in [0.1, 0.15) is 0 Å². The van der Waals surface area contributed by atoms with Crippen molar-refractivity contribution in [2.45, 2.75) is 19.4 Å². The maximum atomic E-state index is 3.37. The number of nitrogens with one attached hydrogen (secondary N) is 2. The molecule has 0 aliphatic carbocycles. The van der Waals surface area contributed by atoms with Gasteiger partial charge >= 0.3 is 0 Å². The van der Waals surface area contributed by atoms with Crippen molar-refractivity contribution >= 4 is 16.3 Å². The van der Waals surface area contributed by atoms with Gasteiger partial charge in [-0.05, 0) is 38.4 Å². The lowest BCUT2D eigenvalue weighted by Crippen LogP contribution is -2.42. The first-order valence-electron chi connectivity index (χ1n) is 4.10. The lowest BCUT2D eigenvalue weighted by atomic mass is 10.1. The predicted molar refractivity (Wildman–Crippen MR) is 55.9 cm³/mol. The van der Waals surface area contributed by atoms with Gasteiger partial charge in [-0.2, -0.15) is 0 Å². The third-order valence-electron chi connectivity index (χ3n) is 1.90. The van der Waals surface area contributed by atoms with Gasteiger partial charge in [0, 0.05) is 12.1 Å². The summed E-state index contributed by atoms with van der Waals surface area (Å²) in [5.74, 6) is 0. The van der Waals surface area contributed by atoms with Crippen LogP contribution in [0.1, 0.15) is 13.8 Å². The Kier molecular flexibility index (Phi) is 3.12. The van der Waals surface area contributed by atoms with Crippen molar-refractivity contribution in [3.8, 4) is 0 Å². The summed E-state index contributed by atoms with van der Waals surface area (Å²) in [6.45, 7) is 5.30. The van der Waals surface area contributed by atoms with E-state index in [-0.39, 0.29) is 5.54 Å². The van der Waals surface area contributed by atoms with E-state index in [2.05, 4.69) is 42.0 Å². The Bertz CT molecular complexity index is 216. The molecule has 3 heteroatoms. The molecule has 0 saturated heterocycles. The minimum atomic E-state index is 0.157. The molecule has 0 bridgehead atoms. The largest absolute Gasteiger partial charge is 0.375 e. The van der Waals surface area contributed by atoms with E-state index in [1.165, 1.54) is 5.00 Å². The van der Waals surface area contributed by atoms with Crippen LogP contribution in [0.4, 0.5) is 5.00 Å². The Balaban J connectivity index is 2.36. The summed E-state index contributed by atoms with van der Waals surface area (Å²) in [7, 11) is 1.98. The number of hydrogen-bond acceptors (Lipinski definition) is 3. The highest BCUT2D eigenvalue weighted by molar-refractivity contribution is 7.14.